The van der Waals surface area contributed by atoms with Crippen molar-refractivity contribution in [1.82, 2.24) is 9.97 Å². The van der Waals surface area contributed by atoms with Gasteiger partial charge in [0, 0.05) is 44.1 Å². The van der Waals surface area contributed by atoms with Crippen LogP contribution in [0, 0.1) is 18.8 Å². The van der Waals surface area contributed by atoms with Gasteiger partial charge in [-0.1, -0.05) is 50.6 Å². The molecule has 47 heavy (non-hydrogen) atoms. The van der Waals surface area contributed by atoms with Crippen LogP contribution in [0.3, 0.4) is 0 Å². The van der Waals surface area contributed by atoms with E-state index in [-0.39, 0.29) is 23.5 Å². The van der Waals surface area contributed by atoms with Gasteiger partial charge in [-0.15, -0.1) is 0 Å². The summed E-state index contributed by atoms with van der Waals surface area (Å²) in [6.45, 7) is 12.5. The van der Waals surface area contributed by atoms with Gasteiger partial charge >= 0.3 is 0 Å². The Kier molecular flexibility index (Phi) is 12.6. The van der Waals surface area contributed by atoms with Crippen LogP contribution in [0.15, 0.2) is 45.8 Å². The summed E-state index contributed by atoms with van der Waals surface area (Å²) in [5, 5.41) is 8.24. The van der Waals surface area contributed by atoms with E-state index in [0.717, 1.165) is 56.0 Å². The lowest BCUT2D eigenvalue weighted by Gasteiger charge is -2.24. The Hall–Kier alpha value is -3.67. The van der Waals surface area contributed by atoms with E-state index < -0.39 is 24.4 Å². The molecule has 0 bridgehead atoms. The van der Waals surface area contributed by atoms with Crippen LogP contribution in [0.5, 0.6) is 0 Å². The zero-order valence-corrected chi connectivity index (χ0v) is 28.4. The first-order valence-corrected chi connectivity index (χ1v) is 16.2. The van der Waals surface area contributed by atoms with Gasteiger partial charge in [0.05, 0.1) is 18.3 Å². The van der Waals surface area contributed by atoms with E-state index in [9.17, 15) is 13.6 Å². The summed E-state index contributed by atoms with van der Waals surface area (Å²) >= 11 is 6.36. The lowest BCUT2D eigenvalue weighted by atomic mass is 9.92. The number of carbonyl (C=O) groups excluding carboxylic acids is 1. The molecule has 1 N–H and O–H groups in total. The number of hydrogen-bond acceptors (Lipinski definition) is 9. The molecule has 0 spiro atoms. The van der Waals surface area contributed by atoms with Crippen molar-refractivity contribution in [1.29, 1.82) is 0 Å². The van der Waals surface area contributed by atoms with Crippen LogP contribution in [0.25, 0.3) is 22.1 Å². The Balaban J connectivity index is 0.000000433. The fourth-order valence-electron chi connectivity index (χ4n) is 5.72. The predicted molar refractivity (Wildman–Crippen MR) is 181 cm³/mol. The molecule has 0 aliphatic carbocycles. The summed E-state index contributed by atoms with van der Waals surface area (Å²) in [4.78, 5) is 26.4. The van der Waals surface area contributed by atoms with Crippen molar-refractivity contribution in [2.45, 2.75) is 72.5 Å². The molecule has 0 amide bonds. The molecule has 2 aromatic carbocycles. The van der Waals surface area contributed by atoms with Gasteiger partial charge in [-0.2, -0.15) is 0 Å². The Labute approximate surface area is 278 Å². The number of furan rings is 1. The van der Waals surface area contributed by atoms with Crippen molar-refractivity contribution in [3.05, 3.63) is 58.4 Å². The highest BCUT2D eigenvalue weighted by Crippen LogP contribution is 2.37. The van der Waals surface area contributed by atoms with E-state index in [0.29, 0.717) is 34.0 Å². The van der Waals surface area contributed by atoms with E-state index in [1.165, 1.54) is 6.42 Å². The van der Waals surface area contributed by atoms with Gasteiger partial charge in [0.25, 0.3) is 6.43 Å². The first-order chi connectivity index (χ1) is 22.6. The molecule has 4 aromatic rings. The summed E-state index contributed by atoms with van der Waals surface area (Å²) in [7, 11) is 1.00. The van der Waals surface area contributed by atoms with Gasteiger partial charge in [-0.3, -0.25) is 0 Å². The number of carbonyl (C=O) groups is 1. The molecule has 2 saturated heterocycles. The van der Waals surface area contributed by atoms with E-state index in [2.05, 4.69) is 28.8 Å². The first kappa shape index (κ1) is 36.2. The maximum absolute atomic E-state index is 13.7. The highest BCUT2D eigenvalue weighted by Gasteiger charge is 2.37. The van der Waals surface area contributed by atoms with E-state index >= 15 is 0 Å². The van der Waals surface area contributed by atoms with Crippen LogP contribution in [-0.2, 0) is 20.7 Å². The number of aldehydes is 1. The molecule has 12 heteroatoms. The number of ether oxygens (including phenoxy) is 2. The monoisotopic (exact) mass is 672 g/mol. The molecule has 2 aliphatic heterocycles. The van der Waals surface area contributed by atoms with Gasteiger partial charge in [-0.05, 0) is 60.9 Å². The number of rotatable bonds is 6. The van der Waals surface area contributed by atoms with Crippen LogP contribution in [0.4, 0.5) is 20.3 Å². The minimum Gasteiger partial charge on any atom is -0.476 e. The number of halogens is 3. The molecule has 0 radical (unpaired) electrons. The second-order valence-electron chi connectivity index (χ2n) is 11.8. The summed E-state index contributed by atoms with van der Waals surface area (Å²) < 4.78 is 44.7. The van der Waals surface area contributed by atoms with E-state index in [1.807, 2.05) is 26.0 Å². The fraction of sp³-hybridized carbons (Fsp3) is 0.486. The van der Waals surface area contributed by atoms with Crippen molar-refractivity contribution in [3.8, 4) is 0 Å². The number of para-hydroxylation sites is 1. The number of aliphatic hydroxyl groups excluding tert-OH is 1. The molecular weight excluding hydrogens is 630 g/mol. The topological polar surface area (TPSA) is 110 Å². The van der Waals surface area contributed by atoms with E-state index in [1.54, 1.807) is 36.1 Å². The Bertz CT molecular complexity index is 1690. The molecule has 4 heterocycles. The molecule has 4 atom stereocenters. The fourth-order valence-corrected chi connectivity index (χ4v) is 6.01. The maximum Gasteiger partial charge on any atom is 0.297 e. The molecule has 6 rings (SSSR count). The van der Waals surface area contributed by atoms with Crippen LogP contribution in [-0.4, -0.2) is 66.3 Å². The molecule has 2 aromatic heterocycles. The van der Waals surface area contributed by atoms with Crippen LogP contribution < -0.4 is 4.90 Å². The average Bonchev–Trinajstić information content (AvgIpc) is 3.65. The smallest absolute Gasteiger partial charge is 0.297 e. The zero-order valence-electron chi connectivity index (χ0n) is 27.7. The quantitative estimate of drug-likeness (QED) is 0.125. The molecule has 2 fully saturated rings. The molecule has 1 unspecified atom stereocenters. The van der Waals surface area contributed by atoms with Crippen molar-refractivity contribution >= 4 is 57.4 Å². The lowest BCUT2D eigenvalue weighted by molar-refractivity contribution is -0.108. The van der Waals surface area contributed by atoms with Gasteiger partial charge < -0.3 is 28.7 Å². The number of aliphatic imine (C=N–C) groups is 1. The number of benzene rings is 2. The Morgan fingerprint density at radius 2 is 1.96 bits per heavy atom. The average molecular weight is 673 g/mol. The standard InChI is InChI=1S/C27H25ClF2N4O3.C7H14O.CH4O/c1-4-16-9-14(2)21(11-20(16)28)31-15(3)36-18-10-17(13-35)34(12-18)27-24-23(32-26(33-27)25(29)30)19-7-5-6-8-22(19)37-24;1-6-3-4-8-5-7(6)2;1-2/h5-9,11,13,17-18,25H,4,10,12H2,1-3H3;6-7H,3-5H2,1-2H3;2H,1H3/t17-,18-;6-,7?;/m01./s1. The molecular formula is C35H43ClF2N4O5. The zero-order chi connectivity index (χ0) is 34.2. The second-order valence-corrected chi connectivity index (χ2v) is 12.3. The minimum absolute atomic E-state index is 0.145. The minimum atomic E-state index is -2.88. The van der Waals surface area contributed by atoms with Crippen molar-refractivity contribution < 1.29 is 32.6 Å². The number of hydrogen-bond donors (Lipinski definition) is 1. The van der Waals surface area contributed by atoms with Gasteiger partial charge in [0.15, 0.2) is 23.1 Å². The summed E-state index contributed by atoms with van der Waals surface area (Å²) in [6.07, 6.45) is -0.137. The number of nitrogens with zero attached hydrogens (tertiary/aromatic N) is 4. The molecule has 2 aliphatic rings. The number of anilines is 1. The highest BCUT2D eigenvalue weighted by molar-refractivity contribution is 6.31. The first-order valence-electron chi connectivity index (χ1n) is 15.8. The number of aromatic nitrogens is 2. The molecule has 0 saturated carbocycles. The Morgan fingerprint density at radius 3 is 2.60 bits per heavy atom. The van der Waals surface area contributed by atoms with Crippen LogP contribution >= 0.6 is 11.6 Å². The van der Waals surface area contributed by atoms with Crippen LogP contribution in [0.2, 0.25) is 5.02 Å². The summed E-state index contributed by atoms with van der Waals surface area (Å²) in [6, 6.07) is 10.2. The number of aliphatic hydroxyl groups is 1. The van der Waals surface area contributed by atoms with Gasteiger partial charge in [0.1, 0.15) is 23.5 Å². The van der Waals surface area contributed by atoms with Crippen molar-refractivity contribution in [3.63, 3.8) is 0 Å². The molecule has 254 valence electrons. The summed E-state index contributed by atoms with van der Waals surface area (Å²) in [5.74, 6) is 1.59. The van der Waals surface area contributed by atoms with Crippen molar-refractivity contribution in [2.75, 3.05) is 31.8 Å². The number of aryl methyl sites for hydroxylation is 2. The Morgan fingerprint density at radius 1 is 1.21 bits per heavy atom. The van der Waals surface area contributed by atoms with Gasteiger partial charge in [-0.25, -0.2) is 23.7 Å². The largest absolute Gasteiger partial charge is 0.476 e. The number of fused-ring (bicyclic) bond motifs is 3. The normalized spacial score (nSPS) is 21.3. The SMILES string of the molecule is CC1COCC[C@H]1C.CCc1cc(C)c(N=C(C)O[C@H]2C[C@@H](C=O)N(c3nc(C(F)F)nc4c3oc3ccccc34)C2)cc1Cl.CO. The summed E-state index contributed by atoms with van der Waals surface area (Å²) in [5.41, 5.74) is 3.75. The second kappa shape index (κ2) is 16.4. The third-order valence-corrected chi connectivity index (χ3v) is 8.93. The van der Waals surface area contributed by atoms with Crippen molar-refractivity contribution in [2.24, 2.45) is 16.8 Å². The highest BCUT2D eigenvalue weighted by atomic mass is 35.5. The predicted octanol–water partition coefficient (Wildman–Crippen LogP) is 8.04. The van der Waals surface area contributed by atoms with Crippen LogP contribution in [0.1, 0.15) is 63.9 Å². The van der Waals surface area contributed by atoms with Gasteiger partial charge in [0.2, 0.25) is 0 Å². The van der Waals surface area contributed by atoms with E-state index in [4.69, 9.17) is 30.6 Å². The third-order valence-electron chi connectivity index (χ3n) is 8.58. The third kappa shape index (κ3) is 8.44. The number of alkyl halides is 2. The molecule has 9 nitrogen and oxygen atoms in total. The lowest BCUT2D eigenvalue weighted by Crippen LogP contribution is -2.32. The maximum atomic E-state index is 13.7.